The van der Waals surface area contributed by atoms with Gasteiger partial charge in [-0.05, 0) is 25.1 Å². The van der Waals surface area contributed by atoms with Crippen LogP contribution in [0.5, 0.6) is 0 Å². The lowest BCUT2D eigenvalue weighted by atomic mass is 10.2. The maximum atomic E-state index is 12.0. The zero-order chi connectivity index (χ0) is 14.7. The number of aromatic amines is 1. The normalized spacial score (nSPS) is 10.1. The Balaban J connectivity index is 2.20. The zero-order valence-electron chi connectivity index (χ0n) is 11.2. The molecule has 104 valence electrons. The molecule has 0 spiro atoms. The Morgan fingerprint density at radius 3 is 2.65 bits per heavy atom. The van der Waals surface area contributed by atoms with E-state index in [4.69, 9.17) is 5.73 Å². The minimum atomic E-state index is -0.430. The van der Waals surface area contributed by atoms with Crippen molar-refractivity contribution in [2.45, 2.75) is 6.92 Å². The summed E-state index contributed by atoms with van der Waals surface area (Å²) in [7, 11) is 1.54. The van der Waals surface area contributed by atoms with Crippen LogP contribution in [0.1, 0.15) is 26.5 Å². The number of aromatic nitrogens is 2. The highest BCUT2D eigenvalue weighted by Gasteiger charge is 2.15. The Labute approximate surface area is 115 Å². The maximum absolute atomic E-state index is 12.0. The fraction of sp³-hybridized carbons (Fsp3) is 0.154. The molecular weight excluding hydrogens is 258 g/mol. The van der Waals surface area contributed by atoms with E-state index in [-0.39, 0.29) is 11.6 Å². The predicted molar refractivity (Wildman–Crippen MR) is 75.5 cm³/mol. The van der Waals surface area contributed by atoms with Gasteiger partial charge in [-0.2, -0.15) is 5.10 Å². The number of hydrogen-bond donors (Lipinski definition) is 4. The number of benzene rings is 1. The van der Waals surface area contributed by atoms with E-state index in [0.717, 1.165) is 0 Å². The molecule has 5 N–H and O–H groups in total. The van der Waals surface area contributed by atoms with Crippen LogP contribution in [-0.2, 0) is 0 Å². The minimum absolute atomic E-state index is 0.132. The number of rotatable bonds is 3. The second kappa shape index (κ2) is 5.43. The van der Waals surface area contributed by atoms with Crippen LogP contribution in [-0.4, -0.2) is 29.1 Å². The quantitative estimate of drug-likeness (QED) is 0.665. The van der Waals surface area contributed by atoms with Gasteiger partial charge in [-0.25, -0.2) is 0 Å². The first-order chi connectivity index (χ1) is 9.52. The van der Waals surface area contributed by atoms with Gasteiger partial charge in [0.25, 0.3) is 11.8 Å². The lowest BCUT2D eigenvalue weighted by molar-refractivity contribution is 0.0961. The van der Waals surface area contributed by atoms with Crippen molar-refractivity contribution in [3.8, 4) is 0 Å². The molecule has 0 radical (unpaired) electrons. The van der Waals surface area contributed by atoms with Gasteiger partial charge in [0, 0.05) is 18.3 Å². The number of nitrogens with two attached hydrogens (primary N) is 1. The van der Waals surface area contributed by atoms with Crippen LogP contribution in [0.4, 0.5) is 11.4 Å². The van der Waals surface area contributed by atoms with Gasteiger partial charge in [-0.3, -0.25) is 14.7 Å². The van der Waals surface area contributed by atoms with Crippen molar-refractivity contribution >= 4 is 23.2 Å². The molecule has 0 aliphatic rings. The number of carbonyl (C=O) groups is 2. The SMILES string of the molecule is CNC(=O)c1cccc(NC(=O)c2n[nH]c(C)c2N)c1. The van der Waals surface area contributed by atoms with E-state index in [9.17, 15) is 9.59 Å². The van der Waals surface area contributed by atoms with Gasteiger partial charge in [0.05, 0.1) is 11.4 Å². The summed E-state index contributed by atoms with van der Waals surface area (Å²) < 4.78 is 0. The van der Waals surface area contributed by atoms with E-state index in [2.05, 4.69) is 20.8 Å². The summed E-state index contributed by atoms with van der Waals surface area (Å²) in [5.41, 5.74) is 7.77. The fourth-order valence-corrected chi connectivity index (χ4v) is 1.68. The molecule has 0 unspecified atom stereocenters. The van der Waals surface area contributed by atoms with Crippen LogP contribution in [0.25, 0.3) is 0 Å². The Kier molecular flexibility index (Phi) is 3.69. The number of nitrogens with zero attached hydrogens (tertiary/aromatic N) is 1. The molecule has 0 saturated heterocycles. The van der Waals surface area contributed by atoms with Gasteiger partial charge in [0.1, 0.15) is 0 Å². The molecule has 0 saturated carbocycles. The van der Waals surface area contributed by atoms with Crippen molar-refractivity contribution in [1.29, 1.82) is 0 Å². The molecule has 0 atom stereocenters. The fourth-order valence-electron chi connectivity index (χ4n) is 1.68. The Hall–Kier alpha value is -2.83. The highest BCUT2D eigenvalue weighted by Crippen LogP contribution is 2.16. The van der Waals surface area contributed by atoms with Gasteiger partial charge >= 0.3 is 0 Å². The van der Waals surface area contributed by atoms with Crippen LogP contribution < -0.4 is 16.4 Å². The molecule has 7 heteroatoms. The number of anilines is 2. The Morgan fingerprint density at radius 1 is 1.30 bits per heavy atom. The topological polar surface area (TPSA) is 113 Å². The molecule has 0 aliphatic heterocycles. The van der Waals surface area contributed by atoms with Gasteiger partial charge in [0.15, 0.2) is 5.69 Å². The molecule has 0 aliphatic carbocycles. The van der Waals surface area contributed by atoms with Crippen molar-refractivity contribution in [3.63, 3.8) is 0 Å². The summed E-state index contributed by atoms with van der Waals surface area (Å²) in [6.45, 7) is 1.73. The first-order valence-corrected chi connectivity index (χ1v) is 5.97. The number of nitrogen functional groups attached to an aromatic ring is 1. The maximum Gasteiger partial charge on any atom is 0.278 e. The minimum Gasteiger partial charge on any atom is -0.395 e. The van der Waals surface area contributed by atoms with Crippen molar-refractivity contribution in [2.24, 2.45) is 0 Å². The summed E-state index contributed by atoms with van der Waals surface area (Å²) in [4.78, 5) is 23.5. The van der Waals surface area contributed by atoms with E-state index in [1.165, 1.54) is 0 Å². The van der Waals surface area contributed by atoms with Crippen molar-refractivity contribution in [3.05, 3.63) is 41.2 Å². The molecule has 0 fully saturated rings. The predicted octanol–water partition coefficient (Wildman–Crippen LogP) is 0.912. The Bertz CT molecular complexity index is 663. The summed E-state index contributed by atoms with van der Waals surface area (Å²) >= 11 is 0. The molecule has 2 amide bonds. The van der Waals surface area contributed by atoms with E-state index in [1.807, 2.05) is 0 Å². The van der Waals surface area contributed by atoms with Crippen LogP contribution >= 0.6 is 0 Å². The molecule has 1 aromatic heterocycles. The first kappa shape index (κ1) is 13.6. The molecule has 2 aromatic rings. The van der Waals surface area contributed by atoms with Crippen LogP contribution in [0.3, 0.4) is 0 Å². The summed E-state index contributed by atoms with van der Waals surface area (Å²) in [6, 6.07) is 6.59. The summed E-state index contributed by atoms with van der Waals surface area (Å²) in [6.07, 6.45) is 0. The molecule has 1 aromatic carbocycles. The zero-order valence-corrected chi connectivity index (χ0v) is 11.2. The number of hydrogen-bond acceptors (Lipinski definition) is 4. The molecule has 20 heavy (non-hydrogen) atoms. The first-order valence-electron chi connectivity index (χ1n) is 5.97. The third kappa shape index (κ3) is 2.61. The lowest BCUT2D eigenvalue weighted by Gasteiger charge is -2.06. The van der Waals surface area contributed by atoms with Gasteiger partial charge in [-0.1, -0.05) is 6.07 Å². The molecular formula is C13H15N5O2. The number of aryl methyl sites for hydroxylation is 1. The average molecular weight is 273 g/mol. The average Bonchev–Trinajstić information content (AvgIpc) is 2.78. The second-order valence-corrected chi connectivity index (χ2v) is 4.22. The molecule has 2 rings (SSSR count). The highest BCUT2D eigenvalue weighted by molar-refractivity contribution is 6.07. The number of H-pyrrole nitrogens is 1. The number of amides is 2. The van der Waals surface area contributed by atoms with E-state index in [0.29, 0.717) is 22.6 Å². The van der Waals surface area contributed by atoms with Gasteiger partial charge in [0.2, 0.25) is 0 Å². The smallest absolute Gasteiger partial charge is 0.278 e. The van der Waals surface area contributed by atoms with E-state index < -0.39 is 5.91 Å². The van der Waals surface area contributed by atoms with E-state index >= 15 is 0 Å². The van der Waals surface area contributed by atoms with Crippen LogP contribution in [0.15, 0.2) is 24.3 Å². The van der Waals surface area contributed by atoms with Crippen molar-refractivity contribution < 1.29 is 9.59 Å². The molecule has 7 nitrogen and oxygen atoms in total. The van der Waals surface area contributed by atoms with Crippen LogP contribution in [0, 0.1) is 6.92 Å². The lowest BCUT2D eigenvalue weighted by Crippen LogP contribution is -2.18. The van der Waals surface area contributed by atoms with Crippen LogP contribution in [0.2, 0.25) is 0 Å². The third-order valence-corrected chi connectivity index (χ3v) is 2.82. The number of nitrogens with one attached hydrogen (secondary N) is 3. The summed E-state index contributed by atoms with van der Waals surface area (Å²) in [5.74, 6) is -0.655. The summed E-state index contributed by atoms with van der Waals surface area (Å²) in [5, 5.41) is 11.7. The number of carbonyl (C=O) groups excluding carboxylic acids is 2. The highest BCUT2D eigenvalue weighted by atomic mass is 16.2. The van der Waals surface area contributed by atoms with Gasteiger partial charge in [-0.15, -0.1) is 0 Å². The second-order valence-electron chi connectivity index (χ2n) is 4.22. The van der Waals surface area contributed by atoms with Crippen molar-refractivity contribution in [2.75, 3.05) is 18.1 Å². The van der Waals surface area contributed by atoms with Crippen molar-refractivity contribution in [1.82, 2.24) is 15.5 Å². The Morgan fingerprint density at radius 2 is 2.05 bits per heavy atom. The standard InChI is InChI=1S/C13H15N5O2/c1-7-10(14)11(18-17-7)13(20)16-9-5-3-4-8(6-9)12(19)15-2/h3-6H,14H2,1-2H3,(H,15,19)(H,16,20)(H,17,18). The largest absolute Gasteiger partial charge is 0.395 e. The third-order valence-electron chi connectivity index (χ3n) is 2.82. The monoisotopic (exact) mass is 273 g/mol. The van der Waals surface area contributed by atoms with Gasteiger partial charge < -0.3 is 16.4 Å². The molecule has 1 heterocycles. The van der Waals surface area contributed by atoms with E-state index in [1.54, 1.807) is 38.2 Å². The molecule has 0 bridgehead atoms.